The van der Waals surface area contributed by atoms with Gasteiger partial charge in [0.15, 0.2) is 16.8 Å². The summed E-state index contributed by atoms with van der Waals surface area (Å²) in [6.07, 6.45) is 0. The molecule has 2 aliphatic rings. The van der Waals surface area contributed by atoms with Gasteiger partial charge < -0.3 is 14.1 Å². The summed E-state index contributed by atoms with van der Waals surface area (Å²) in [4.78, 5) is 19.1. The van der Waals surface area contributed by atoms with Crippen LogP contribution in [-0.4, -0.2) is 32.3 Å². The fourth-order valence-corrected chi connectivity index (χ4v) is 3.01. The zero-order valence-electron chi connectivity index (χ0n) is 14.2. The van der Waals surface area contributed by atoms with Crippen LogP contribution in [0.25, 0.3) is 33.3 Å². The molecule has 4 rings (SSSR count). The van der Waals surface area contributed by atoms with Crippen LogP contribution in [0.1, 0.15) is 0 Å². The predicted molar refractivity (Wildman–Crippen MR) is 99.6 cm³/mol. The van der Waals surface area contributed by atoms with Crippen LogP contribution in [0, 0.1) is 0 Å². The first-order valence-electron chi connectivity index (χ1n) is 8.14. The van der Waals surface area contributed by atoms with Crippen LogP contribution in [0.5, 0.6) is 0 Å². The third-order valence-corrected chi connectivity index (χ3v) is 4.41. The minimum Gasteiger partial charge on any atom is -0.453 e. The predicted octanol–water partition coefficient (Wildman–Crippen LogP) is 3.53. The minimum absolute atomic E-state index is 0.0543. The van der Waals surface area contributed by atoms with E-state index in [1.165, 1.54) is 6.07 Å². The van der Waals surface area contributed by atoms with Crippen molar-refractivity contribution in [1.82, 2.24) is 4.98 Å². The van der Waals surface area contributed by atoms with Gasteiger partial charge in [0.25, 0.3) is 0 Å². The van der Waals surface area contributed by atoms with Crippen LogP contribution in [0.2, 0.25) is 0 Å². The zero-order chi connectivity index (χ0) is 17.4. The molecule has 5 heteroatoms. The molecule has 0 bridgehead atoms. The minimum atomic E-state index is -0.0543. The SMILES string of the molecule is COCCN(C)c1ccc2nc3c4ccccc4c(=O)cc-3oc2c1. The molecule has 0 aromatic heterocycles. The first-order valence-corrected chi connectivity index (χ1v) is 8.14. The molecule has 5 nitrogen and oxygen atoms in total. The summed E-state index contributed by atoms with van der Waals surface area (Å²) >= 11 is 0. The molecule has 0 radical (unpaired) electrons. The van der Waals surface area contributed by atoms with Gasteiger partial charge in [-0.25, -0.2) is 4.98 Å². The van der Waals surface area contributed by atoms with Gasteiger partial charge in [-0.05, 0) is 12.1 Å². The van der Waals surface area contributed by atoms with E-state index in [9.17, 15) is 4.79 Å². The average molecular weight is 334 g/mol. The molecular formula is C20H18N2O3. The standard InChI is InChI=1S/C20H18N2O3/c1-22(9-10-24-2)13-7-8-16-18(11-13)25-19-12-17(23)14-5-3-4-6-15(14)20(19)21-16/h3-8,11-12H,9-10H2,1-2H3. The number of benzene rings is 3. The lowest BCUT2D eigenvalue weighted by atomic mass is 10.0. The van der Waals surface area contributed by atoms with Crippen LogP contribution < -0.4 is 10.3 Å². The van der Waals surface area contributed by atoms with E-state index in [1.54, 1.807) is 7.11 Å². The highest BCUT2D eigenvalue weighted by molar-refractivity contribution is 5.96. The number of rotatable bonds is 4. The van der Waals surface area contributed by atoms with E-state index >= 15 is 0 Å². The summed E-state index contributed by atoms with van der Waals surface area (Å²) in [5, 5.41) is 1.48. The van der Waals surface area contributed by atoms with Crippen molar-refractivity contribution in [2.45, 2.75) is 0 Å². The number of anilines is 1. The monoisotopic (exact) mass is 334 g/mol. The maximum absolute atomic E-state index is 12.3. The van der Waals surface area contributed by atoms with Crippen LogP contribution in [0.4, 0.5) is 5.69 Å². The van der Waals surface area contributed by atoms with Crippen LogP contribution >= 0.6 is 0 Å². The Morgan fingerprint density at radius 2 is 1.92 bits per heavy atom. The molecule has 1 heterocycles. The molecule has 2 aromatic rings. The molecule has 0 fully saturated rings. The van der Waals surface area contributed by atoms with E-state index < -0.39 is 0 Å². The van der Waals surface area contributed by atoms with E-state index in [4.69, 9.17) is 14.1 Å². The van der Waals surface area contributed by atoms with Gasteiger partial charge in [-0.2, -0.15) is 0 Å². The van der Waals surface area contributed by atoms with Crippen molar-refractivity contribution in [3.05, 3.63) is 58.8 Å². The summed E-state index contributed by atoms with van der Waals surface area (Å²) in [6.45, 7) is 1.42. The van der Waals surface area contributed by atoms with E-state index in [1.807, 2.05) is 49.5 Å². The fourth-order valence-electron chi connectivity index (χ4n) is 3.01. The highest BCUT2D eigenvalue weighted by Crippen LogP contribution is 2.31. The Morgan fingerprint density at radius 1 is 1.12 bits per heavy atom. The highest BCUT2D eigenvalue weighted by atomic mass is 16.5. The smallest absolute Gasteiger partial charge is 0.190 e. The number of aromatic nitrogens is 1. The van der Waals surface area contributed by atoms with Gasteiger partial charge in [0.1, 0.15) is 11.2 Å². The molecule has 0 unspecified atom stereocenters. The van der Waals surface area contributed by atoms with Crippen molar-refractivity contribution in [2.24, 2.45) is 0 Å². The topological polar surface area (TPSA) is 55.6 Å². The number of fused-ring (bicyclic) bond motifs is 4. The van der Waals surface area contributed by atoms with Crippen molar-refractivity contribution in [2.75, 3.05) is 32.2 Å². The van der Waals surface area contributed by atoms with Gasteiger partial charge in [-0.3, -0.25) is 4.79 Å². The maximum Gasteiger partial charge on any atom is 0.190 e. The Bertz CT molecular complexity index is 1090. The summed E-state index contributed by atoms with van der Waals surface area (Å²) in [5.74, 6) is 0.507. The molecule has 0 spiro atoms. The van der Waals surface area contributed by atoms with Gasteiger partial charge in [0, 0.05) is 49.3 Å². The Balaban J connectivity index is 1.91. The summed E-state index contributed by atoms with van der Waals surface area (Å²) in [6, 6.07) is 14.9. The molecule has 0 saturated heterocycles. The van der Waals surface area contributed by atoms with E-state index in [2.05, 4.69) is 4.90 Å². The molecule has 0 saturated carbocycles. The number of hydrogen-bond donors (Lipinski definition) is 0. The molecule has 0 atom stereocenters. The molecular weight excluding hydrogens is 316 g/mol. The summed E-state index contributed by atoms with van der Waals surface area (Å²) in [7, 11) is 3.68. The summed E-state index contributed by atoms with van der Waals surface area (Å²) < 4.78 is 11.1. The lowest BCUT2D eigenvalue weighted by molar-refractivity contribution is 0.206. The maximum atomic E-state index is 12.3. The lowest BCUT2D eigenvalue weighted by Gasteiger charge is -2.19. The third-order valence-electron chi connectivity index (χ3n) is 4.41. The number of ether oxygens (including phenoxy) is 1. The lowest BCUT2D eigenvalue weighted by Crippen LogP contribution is -2.21. The number of methoxy groups -OCH3 is 1. The van der Waals surface area contributed by atoms with Crippen molar-refractivity contribution in [3.8, 4) is 11.5 Å². The van der Waals surface area contributed by atoms with Gasteiger partial charge in [0.2, 0.25) is 0 Å². The van der Waals surface area contributed by atoms with E-state index in [-0.39, 0.29) is 5.43 Å². The van der Waals surface area contributed by atoms with Gasteiger partial charge in [-0.15, -0.1) is 0 Å². The Hall–Kier alpha value is -2.92. The largest absolute Gasteiger partial charge is 0.453 e. The van der Waals surface area contributed by atoms with Crippen molar-refractivity contribution < 1.29 is 9.15 Å². The Kier molecular flexibility index (Phi) is 3.86. The number of hydrogen-bond acceptors (Lipinski definition) is 5. The normalized spacial score (nSPS) is 11.4. The van der Waals surface area contributed by atoms with Gasteiger partial charge in [0.05, 0.1) is 6.61 Å². The molecule has 1 aliphatic heterocycles. The average Bonchev–Trinajstić information content (AvgIpc) is 2.64. The number of likely N-dealkylation sites (N-methyl/N-ethyl adjacent to an activating group) is 1. The molecule has 126 valence electrons. The van der Waals surface area contributed by atoms with Crippen LogP contribution in [-0.2, 0) is 4.74 Å². The third kappa shape index (κ3) is 2.72. The first kappa shape index (κ1) is 15.6. The van der Waals surface area contributed by atoms with E-state index in [0.717, 1.165) is 23.1 Å². The van der Waals surface area contributed by atoms with E-state index in [0.29, 0.717) is 29.0 Å². The Labute approximate surface area is 144 Å². The van der Waals surface area contributed by atoms with Gasteiger partial charge >= 0.3 is 0 Å². The summed E-state index contributed by atoms with van der Waals surface area (Å²) in [5.41, 5.74) is 3.09. The quantitative estimate of drug-likeness (QED) is 0.422. The molecule has 0 amide bonds. The molecule has 0 N–H and O–H groups in total. The highest BCUT2D eigenvalue weighted by Gasteiger charge is 2.15. The second-order valence-corrected chi connectivity index (χ2v) is 6.05. The first-order chi connectivity index (χ1) is 12.2. The van der Waals surface area contributed by atoms with Crippen LogP contribution in [0.15, 0.2) is 57.7 Å². The zero-order valence-corrected chi connectivity index (χ0v) is 14.2. The molecule has 25 heavy (non-hydrogen) atoms. The fraction of sp³-hybridized carbons (Fsp3) is 0.200. The van der Waals surface area contributed by atoms with Crippen molar-refractivity contribution in [3.63, 3.8) is 0 Å². The molecule has 2 aromatic carbocycles. The Morgan fingerprint density at radius 3 is 2.72 bits per heavy atom. The second kappa shape index (κ2) is 6.18. The van der Waals surface area contributed by atoms with Crippen LogP contribution in [0.3, 0.4) is 0 Å². The van der Waals surface area contributed by atoms with Gasteiger partial charge in [-0.1, -0.05) is 24.3 Å². The molecule has 1 aliphatic carbocycles. The van der Waals surface area contributed by atoms with Crippen molar-refractivity contribution in [1.29, 1.82) is 0 Å². The van der Waals surface area contributed by atoms with Crippen molar-refractivity contribution >= 4 is 27.6 Å². The number of nitrogens with zero attached hydrogens (tertiary/aromatic N) is 2. The second-order valence-electron chi connectivity index (χ2n) is 6.05.